The van der Waals surface area contributed by atoms with Gasteiger partial charge < -0.3 is 14.8 Å². The molecule has 1 N–H and O–H groups in total. The normalized spacial score (nSPS) is 14.3. The van der Waals surface area contributed by atoms with E-state index in [0.717, 1.165) is 37.8 Å². The maximum absolute atomic E-state index is 13.7. The van der Waals surface area contributed by atoms with Gasteiger partial charge in [0.15, 0.2) is 0 Å². The summed E-state index contributed by atoms with van der Waals surface area (Å²) in [5.41, 5.74) is -2.44. The van der Waals surface area contributed by atoms with Crippen LogP contribution in [0.15, 0.2) is 35.4 Å². The second kappa shape index (κ2) is 10.4. The summed E-state index contributed by atoms with van der Waals surface area (Å²) in [5, 5.41) is 2.39. The van der Waals surface area contributed by atoms with Crippen molar-refractivity contribution in [3.8, 4) is 0 Å². The highest BCUT2D eigenvalue weighted by Crippen LogP contribution is 2.31. The molecule has 1 aromatic heterocycles. The van der Waals surface area contributed by atoms with Gasteiger partial charge in [0.25, 0.3) is 11.8 Å². The van der Waals surface area contributed by atoms with Crippen LogP contribution in [0.2, 0.25) is 0 Å². The summed E-state index contributed by atoms with van der Waals surface area (Å²) >= 11 is 0. The number of hydrogen-bond acceptors (Lipinski definition) is 3. The van der Waals surface area contributed by atoms with Crippen LogP contribution in [0.4, 0.5) is 17.6 Å². The Kier molecular flexibility index (Phi) is 7.78. The third-order valence-corrected chi connectivity index (χ3v) is 6.06. The number of pyridine rings is 1. The first-order valence-electron chi connectivity index (χ1n) is 11.2. The Morgan fingerprint density at radius 3 is 2.26 bits per heavy atom. The van der Waals surface area contributed by atoms with Crippen LogP contribution in [-0.4, -0.2) is 34.4 Å². The molecule has 1 aliphatic carbocycles. The highest BCUT2D eigenvalue weighted by atomic mass is 19.4. The summed E-state index contributed by atoms with van der Waals surface area (Å²) in [4.78, 5) is 40.4. The van der Waals surface area contributed by atoms with Crippen LogP contribution in [-0.2, 0) is 12.7 Å². The van der Waals surface area contributed by atoms with E-state index in [1.807, 2.05) is 0 Å². The number of rotatable bonds is 7. The van der Waals surface area contributed by atoms with Crippen LogP contribution < -0.4 is 10.7 Å². The lowest BCUT2D eigenvalue weighted by Crippen LogP contribution is -2.38. The number of benzene rings is 1. The molecular formula is C24H27F4N3O3. The zero-order valence-electron chi connectivity index (χ0n) is 19.0. The summed E-state index contributed by atoms with van der Waals surface area (Å²) in [6.45, 7) is 3.91. The van der Waals surface area contributed by atoms with Gasteiger partial charge >= 0.3 is 6.18 Å². The van der Waals surface area contributed by atoms with Gasteiger partial charge in [-0.05, 0) is 50.5 Å². The van der Waals surface area contributed by atoms with Crippen LogP contribution in [0, 0.1) is 5.82 Å². The van der Waals surface area contributed by atoms with Crippen LogP contribution in [0.5, 0.6) is 0 Å². The molecule has 1 heterocycles. The molecule has 0 saturated heterocycles. The van der Waals surface area contributed by atoms with E-state index < -0.39 is 41.3 Å². The molecule has 6 nitrogen and oxygen atoms in total. The molecule has 2 amide bonds. The predicted molar refractivity (Wildman–Crippen MR) is 118 cm³/mol. The van der Waals surface area contributed by atoms with Gasteiger partial charge in [-0.1, -0.05) is 12.8 Å². The Hall–Kier alpha value is -3.17. The van der Waals surface area contributed by atoms with Gasteiger partial charge in [0.1, 0.15) is 16.9 Å². The van der Waals surface area contributed by atoms with Crippen molar-refractivity contribution >= 4 is 11.8 Å². The van der Waals surface area contributed by atoms with Crippen molar-refractivity contribution in [1.82, 2.24) is 14.8 Å². The van der Waals surface area contributed by atoms with Crippen molar-refractivity contribution < 1.29 is 27.2 Å². The van der Waals surface area contributed by atoms with Crippen molar-refractivity contribution in [2.75, 3.05) is 13.1 Å². The van der Waals surface area contributed by atoms with Gasteiger partial charge in [-0.25, -0.2) is 4.39 Å². The van der Waals surface area contributed by atoms with E-state index in [1.54, 1.807) is 18.4 Å². The number of hydrogen-bond donors (Lipinski definition) is 1. The minimum atomic E-state index is -4.74. The van der Waals surface area contributed by atoms with Gasteiger partial charge in [0.2, 0.25) is 5.43 Å². The maximum atomic E-state index is 13.7. The summed E-state index contributed by atoms with van der Waals surface area (Å²) in [6.07, 6.45) is 1.78. The molecule has 0 aliphatic heterocycles. The topological polar surface area (TPSA) is 71.4 Å². The van der Waals surface area contributed by atoms with Crippen molar-refractivity contribution in [3.63, 3.8) is 0 Å². The summed E-state index contributed by atoms with van der Waals surface area (Å²) in [7, 11) is 0. The number of nitrogens with zero attached hydrogens (tertiary/aromatic N) is 2. The molecule has 10 heteroatoms. The van der Waals surface area contributed by atoms with E-state index in [1.165, 1.54) is 17.3 Å². The van der Waals surface area contributed by atoms with Crippen LogP contribution in [0.3, 0.4) is 0 Å². The van der Waals surface area contributed by atoms with E-state index in [2.05, 4.69) is 5.32 Å². The lowest BCUT2D eigenvalue weighted by molar-refractivity contribution is -0.137. The lowest BCUT2D eigenvalue weighted by Gasteiger charge is -2.21. The molecule has 1 fully saturated rings. The van der Waals surface area contributed by atoms with E-state index >= 15 is 0 Å². The fourth-order valence-electron chi connectivity index (χ4n) is 4.20. The fourth-order valence-corrected chi connectivity index (χ4v) is 4.20. The number of halogens is 4. The molecular weight excluding hydrogens is 454 g/mol. The average molecular weight is 481 g/mol. The largest absolute Gasteiger partial charge is 0.416 e. The molecule has 2 aromatic rings. The summed E-state index contributed by atoms with van der Waals surface area (Å²) in [6, 6.07) is 2.02. The molecule has 0 unspecified atom stereocenters. The number of carbonyl (C=O) groups is 2. The van der Waals surface area contributed by atoms with E-state index in [0.29, 0.717) is 19.2 Å². The monoisotopic (exact) mass is 481 g/mol. The minimum absolute atomic E-state index is 0.0352. The second-order valence-electron chi connectivity index (χ2n) is 8.31. The smallest absolute Gasteiger partial charge is 0.349 e. The van der Waals surface area contributed by atoms with Crippen molar-refractivity contribution in [2.24, 2.45) is 0 Å². The van der Waals surface area contributed by atoms with Crippen molar-refractivity contribution in [1.29, 1.82) is 0 Å². The van der Waals surface area contributed by atoms with E-state index in [9.17, 15) is 31.9 Å². The predicted octanol–water partition coefficient (Wildman–Crippen LogP) is 4.53. The van der Waals surface area contributed by atoms with E-state index in [-0.39, 0.29) is 22.7 Å². The zero-order valence-corrected chi connectivity index (χ0v) is 19.0. The number of amides is 2. The molecule has 0 radical (unpaired) electrons. The lowest BCUT2D eigenvalue weighted by atomic mass is 10.1. The third kappa shape index (κ3) is 5.66. The second-order valence-corrected chi connectivity index (χ2v) is 8.31. The standard InChI is InChI=1S/C24H27F4N3O3/c1-3-30(4-2)23(34)20-14-31(18-7-5-6-8-18)13-19(21(20)32)22(33)29-12-15-9-16(24(26,27)28)11-17(25)10-15/h9-11,13-14,18H,3-8,12H2,1-2H3,(H,29,33). The zero-order chi connectivity index (χ0) is 25.0. The number of carbonyl (C=O) groups excluding carboxylic acids is 2. The number of nitrogens with one attached hydrogen (secondary N) is 1. The van der Waals surface area contributed by atoms with Crippen LogP contribution >= 0.6 is 0 Å². The van der Waals surface area contributed by atoms with Crippen LogP contribution in [0.25, 0.3) is 0 Å². The quantitative estimate of drug-likeness (QED) is 0.591. The first kappa shape index (κ1) is 25.5. The highest BCUT2D eigenvalue weighted by Gasteiger charge is 2.31. The molecule has 0 atom stereocenters. The van der Waals surface area contributed by atoms with Gasteiger partial charge in [0, 0.05) is 38.1 Å². The number of aromatic nitrogens is 1. The molecule has 0 spiro atoms. The van der Waals surface area contributed by atoms with Crippen molar-refractivity contribution in [3.05, 3.63) is 68.9 Å². The Labute approximate surface area is 194 Å². The maximum Gasteiger partial charge on any atom is 0.416 e. The number of alkyl halides is 3. The minimum Gasteiger partial charge on any atom is -0.349 e. The van der Waals surface area contributed by atoms with Gasteiger partial charge in [-0.15, -0.1) is 0 Å². The molecule has 1 aromatic carbocycles. The summed E-state index contributed by atoms with van der Waals surface area (Å²) < 4.78 is 54.3. The SMILES string of the molecule is CCN(CC)C(=O)c1cn(C2CCCC2)cc(C(=O)NCc2cc(F)cc(C(F)(F)F)c2)c1=O. The Balaban J connectivity index is 1.93. The molecule has 1 aliphatic rings. The third-order valence-electron chi connectivity index (χ3n) is 6.06. The van der Waals surface area contributed by atoms with Gasteiger partial charge in [-0.2, -0.15) is 13.2 Å². The Morgan fingerprint density at radius 2 is 1.68 bits per heavy atom. The van der Waals surface area contributed by atoms with Gasteiger partial charge in [-0.3, -0.25) is 14.4 Å². The first-order valence-corrected chi connectivity index (χ1v) is 11.2. The molecule has 1 saturated carbocycles. The van der Waals surface area contributed by atoms with E-state index in [4.69, 9.17) is 0 Å². The Bertz CT molecular complexity index is 1120. The molecule has 184 valence electrons. The molecule has 0 bridgehead atoms. The Morgan fingerprint density at radius 1 is 1.06 bits per heavy atom. The molecule has 3 rings (SSSR count). The molecule has 34 heavy (non-hydrogen) atoms. The van der Waals surface area contributed by atoms with Crippen molar-refractivity contribution in [2.45, 2.75) is 58.3 Å². The fraction of sp³-hybridized carbons (Fsp3) is 0.458. The average Bonchev–Trinajstić information content (AvgIpc) is 3.32. The summed E-state index contributed by atoms with van der Waals surface area (Å²) in [5.74, 6) is -2.42. The van der Waals surface area contributed by atoms with Crippen LogP contribution in [0.1, 0.15) is 77.4 Å². The van der Waals surface area contributed by atoms with Gasteiger partial charge in [0.05, 0.1) is 5.56 Å². The first-order chi connectivity index (χ1) is 16.0. The highest BCUT2D eigenvalue weighted by molar-refractivity contribution is 5.99.